The van der Waals surface area contributed by atoms with Gasteiger partial charge in [0.1, 0.15) is 10.8 Å². The fraction of sp³-hybridized carbons (Fsp3) is 0.154. The Labute approximate surface area is 125 Å². The molecule has 0 saturated carbocycles. The van der Waals surface area contributed by atoms with Gasteiger partial charge in [0.15, 0.2) is 0 Å². The van der Waals surface area contributed by atoms with Crippen LogP contribution in [-0.2, 0) is 10.0 Å². The quantitative estimate of drug-likeness (QED) is 0.902. The van der Waals surface area contributed by atoms with Crippen molar-refractivity contribution in [1.82, 2.24) is 9.71 Å². The highest BCUT2D eigenvalue weighted by Gasteiger charge is 2.19. The highest BCUT2D eigenvalue weighted by molar-refractivity contribution is 7.89. The lowest BCUT2D eigenvalue weighted by molar-refractivity contribution is 0.566. The Kier molecular flexibility index (Phi) is 4.46. The van der Waals surface area contributed by atoms with Crippen LogP contribution in [0.1, 0.15) is 18.5 Å². The average Bonchev–Trinajstić information content (AvgIpc) is 2.42. The van der Waals surface area contributed by atoms with Crippen LogP contribution in [0.2, 0.25) is 5.02 Å². The van der Waals surface area contributed by atoms with Crippen LogP contribution in [0.3, 0.4) is 0 Å². The van der Waals surface area contributed by atoms with E-state index in [4.69, 9.17) is 11.6 Å². The van der Waals surface area contributed by atoms with Crippen molar-refractivity contribution in [3.05, 3.63) is 63.3 Å². The van der Waals surface area contributed by atoms with E-state index in [1.807, 2.05) is 0 Å². The molecule has 0 radical (unpaired) electrons. The van der Waals surface area contributed by atoms with Gasteiger partial charge in [-0.15, -0.1) is 0 Å². The minimum atomic E-state index is -3.86. The molecular weight excluding hydrogens is 319 g/mol. The highest BCUT2D eigenvalue weighted by Crippen LogP contribution is 2.17. The standard InChI is InChI=1S/C13H12ClFN2O3S/c1-8(9-2-4-10(15)5-3-9)17-21(19,20)11-6-12(14)13(18)16-7-11/h2-8,17H,1H3,(H,16,18). The normalized spacial score (nSPS) is 13.1. The van der Waals surface area contributed by atoms with Gasteiger partial charge in [0, 0.05) is 12.2 Å². The molecule has 0 bridgehead atoms. The smallest absolute Gasteiger partial charge is 0.266 e. The Morgan fingerprint density at radius 1 is 1.29 bits per heavy atom. The van der Waals surface area contributed by atoms with Crippen LogP contribution in [0, 0.1) is 5.82 Å². The molecule has 2 rings (SSSR count). The number of hydrogen-bond donors (Lipinski definition) is 2. The molecule has 1 heterocycles. The first-order chi connectivity index (χ1) is 9.79. The van der Waals surface area contributed by atoms with Gasteiger partial charge in [-0.2, -0.15) is 0 Å². The van der Waals surface area contributed by atoms with Gasteiger partial charge in [-0.1, -0.05) is 23.7 Å². The van der Waals surface area contributed by atoms with Gasteiger partial charge in [0.2, 0.25) is 10.0 Å². The maximum atomic E-state index is 12.8. The van der Waals surface area contributed by atoms with Crippen LogP contribution in [0.15, 0.2) is 46.2 Å². The van der Waals surface area contributed by atoms with Crippen molar-refractivity contribution < 1.29 is 12.8 Å². The fourth-order valence-corrected chi connectivity index (χ4v) is 3.17. The van der Waals surface area contributed by atoms with Gasteiger partial charge in [0.05, 0.1) is 4.90 Å². The van der Waals surface area contributed by atoms with Crippen LogP contribution >= 0.6 is 11.6 Å². The van der Waals surface area contributed by atoms with Crippen molar-refractivity contribution in [1.29, 1.82) is 0 Å². The molecule has 0 saturated heterocycles. The Bertz CT molecular complexity index is 803. The van der Waals surface area contributed by atoms with E-state index in [1.165, 1.54) is 24.3 Å². The van der Waals surface area contributed by atoms with Crippen molar-refractivity contribution in [2.24, 2.45) is 0 Å². The number of benzene rings is 1. The van der Waals surface area contributed by atoms with Crippen molar-refractivity contribution in [2.45, 2.75) is 17.9 Å². The summed E-state index contributed by atoms with van der Waals surface area (Å²) in [4.78, 5) is 13.2. The van der Waals surface area contributed by atoms with E-state index in [0.717, 1.165) is 12.3 Å². The predicted molar refractivity (Wildman–Crippen MR) is 77.2 cm³/mol. The zero-order valence-corrected chi connectivity index (χ0v) is 12.5. The number of nitrogens with one attached hydrogen (secondary N) is 2. The van der Waals surface area contributed by atoms with Crippen LogP contribution in [-0.4, -0.2) is 13.4 Å². The zero-order chi connectivity index (χ0) is 15.6. The van der Waals surface area contributed by atoms with Crippen molar-refractivity contribution in [3.63, 3.8) is 0 Å². The Morgan fingerprint density at radius 3 is 2.48 bits per heavy atom. The lowest BCUT2D eigenvalue weighted by Gasteiger charge is -2.14. The van der Waals surface area contributed by atoms with Crippen LogP contribution in [0.4, 0.5) is 4.39 Å². The topological polar surface area (TPSA) is 79.0 Å². The van der Waals surface area contributed by atoms with E-state index in [2.05, 4.69) is 9.71 Å². The summed E-state index contributed by atoms with van der Waals surface area (Å²) in [6.07, 6.45) is 1.06. The second kappa shape index (κ2) is 5.97. The molecule has 2 aromatic rings. The molecule has 1 unspecified atom stereocenters. The molecule has 112 valence electrons. The number of H-pyrrole nitrogens is 1. The lowest BCUT2D eigenvalue weighted by Crippen LogP contribution is -2.27. The molecule has 0 amide bonds. The summed E-state index contributed by atoms with van der Waals surface area (Å²) in [6, 6.07) is 5.97. The second-order valence-electron chi connectivity index (χ2n) is 4.41. The second-order valence-corrected chi connectivity index (χ2v) is 6.53. The first-order valence-corrected chi connectivity index (χ1v) is 7.82. The molecule has 0 aliphatic carbocycles. The number of pyridine rings is 1. The van der Waals surface area contributed by atoms with Gasteiger partial charge < -0.3 is 4.98 Å². The number of aromatic nitrogens is 1. The molecule has 1 aromatic carbocycles. The largest absolute Gasteiger partial charge is 0.326 e. The molecule has 0 spiro atoms. The van der Waals surface area contributed by atoms with Gasteiger partial charge in [-0.05, 0) is 30.7 Å². The Balaban J connectivity index is 2.26. The van der Waals surface area contributed by atoms with Crippen LogP contribution < -0.4 is 10.3 Å². The summed E-state index contributed by atoms with van der Waals surface area (Å²) in [5.41, 5.74) is 0.0395. The third-order valence-corrected chi connectivity index (χ3v) is 4.64. The van der Waals surface area contributed by atoms with E-state index in [9.17, 15) is 17.6 Å². The molecule has 21 heavy (non-hydrogen) atoms. The molecule has 0 aliphatic rings. The molecule has 1 aromatic heterocycles. The fourth-order valence-electron chi connectivity index (χ4n) is 1.71. The number of halogens is 2. The number of aromatic amines is 1. The van der Waals surface area contributed by atoms with Gasteiger partial charge in [-0.3, -0.25) is 4.79 Å². The highest BCUT2D eigenvalue weighted by atomic mass is 35.5. The maximum absolute atomic E-state index is 12.8. The number of rotatable bonds is 4. The van der Waals surface area contributed by atoms with E-state index < -0.39 is 27.4 Å². The van der Waals surface area contributed by atoms with Gasteiger partial charge in [0.25, 0.3) is 5.56 Å². The van der Waals surface area contributed by atoms with Gasteiger partial charge >= 0.3 is 0 Å². The van der Waals surface area contributed by atoms with Crippen LogP contribution in [0.5, 0.6) is 0 Å². The summed E-state index contributed by atoms with van der Waals surface area (Å²) in [6.45, 7) is 1.62. The predicted octanol–water partition coefficient (Wildman–Crippen LogP) is 2.21. The molecule has 8 heteroatoms. The number of hydrogen-bond acceptors (Lipinski definition) is 3. The van der Waals surface area contributed by atoms with Crippen molar-refractivity contribution >= 4 is 21.6 Å². The van der Waals surface area contributed by atoms with Crippen molar-refractivity contribution in [3.8, 4) is 0 Å². The first-order valence-electron chi connectivity index (χ1n) is 5.95. The maximum Gasteiger partial charge on any atom is 0.266 e. The summed E-state index contributed by atoms with van der Waals surface area (Å²) in [7, 11) is -3.86. The first kappa shape index (κ1) is 15.7. The summed E-state index contributed by atoms with van der Waals surface area (Å²) in [5, 5.41) is -0.215. The lowest BCUT2D eigenvalue weighted by atomic mass is 10.1. The van der Waals surface area contributed by atoms with E-state index in [0.29, 0.717) is 5.56 Å². The van der Waals surface area contributed by atoms with Crippen LogP contribution in [0.25, 0.3) is 0 Å². The van der Waals surface area contributed by atoms with Crippen molar-refractivity contribution in [2.75, 3.05) is 0 Å². The summed E-state index contributed by atoms with van der Waals surface area (Å²) >= 11 is 5.61. The molecule has 2 N–H and O–H groups in total. The van der Waals surface area contributed by atoms with Gasteiger partial charge in [-0.25, -0.2) is 17.5 Å². The SMILES string of the molecule is CC(NS(=O)(=O)c1c[nH]c(=O)c(Cl)c1)c1ccc(F)cc1. The molecule has 0 fully saturated rings. The molecule has 1 atom stereocenters. The molecule has 0 aliphatic heterocycles. The van der Waals surface area contributed by atoms with E-state index in [1.54, 1.807) is 6.92 Å². The summed E-state index contributed by atoms with van der Waals surface area (Å²) in [5.74, 6) is -0.402. The Hall–Kier alpha value is -1.70. The molecule has 5 nitrogen and oxygen atoms in total. The third kappa shape index (κ3) is 3.69. The Morgan fingerprint density at radius 2 is 1.90 bits per heavy atom. The van der Waals surface area contributed by atoms with E-state index >= 15 is 0 Å². The summed E-state index contributed by atoms with van der Waals surface area (Å²) < 4.78 is 39.6. The zero-order valence-electron chi connectivity index (χ0n) is 10.9. The average molecular weight is 331 g/mol. The molecular formula is C13H12ClFN2O3S. The number of sulfonamides is 1. The minimum absolute atomic E-state index is 0.152. The monoisotopic (exact) mass is 330 g/mol. The third-order valence-electron chi connectivity index (χ3n) is 2.84. The van der Waals surface area contributed by atoms with E-state index in [-0.39, 0.29) is 9.92 Å². The minimum Gasteiger partial charge on any atom is -0.326 e.